The third kappa shape index (κ3) is 1.83. The van der Waals surface area contributed by atoms with Crippen LogP contribution in [-0.2, 0) is 0 Å². The van der Waals surface area contributed by atoms with Gasteiger partial charge in [0.1, 0.15) is 18.2 Å². The maximum atomic E-state index is 13.0. The Morgan fingerprint density at radius 2 is 2.19 bits per heavy atom. The van der Waals surface area contributed by atoms with Crippen LogP contribution in [0.5, 0.6) is 5.75 Å². The average Bonchev–Trinajstić information content (AvgIpc) is 2.15. The van der Waals surface area contributed by atoms with Gasteiger partial charge in [-0.15, -0.1) is 12.4 Å². The van der Waals surface area contributed by atoms with E-state index in [9.17, 15) is 4.39 Å². The third-order valence-corrected chi connectivity index (χ3v) is 3.02. The van der Waals surface area contributed by atoms with Crippen molar-refractivity contribution in [3.63, 3.8) is 0 Å². The predicted molar refractivity (Wildman–Crippen MR) is 63.1 cm³/mol. The standard InChI is InChI=1S/C11H13FN2O.ClH/c12-8-1-2-10-11(5-8)15-4-3-14(10)9-6-13-7-9;/h1-2,5,9,13H,3-4,6-7H2;1H. The van der Waals surface area contributed by atoms with E-state index >= 15 is 0 Å². The number of hydrogen-bond donors (Lipinski definition) is 1. The van der Waals surface area contributed by atoms with Gasteiger partial charge in [0.25, 0.3) is 0 Å². The minimum Gasteiger partial charge on any atom is -0.489 e. The lowest BCUT2D eigenvalue weighted by atomic mass is 10.1. The first-order valence-corrected chi connectivity index (χ1v) is 5.24. The van der Waals surface area contributed by atoms with E-state index in [2.05, 4.69) is 10.2 Å². The van der Waals surface area contributed by atoms with Crippen LogP contribution in [0.2, 0.25) is 0 Å². The van der Waals surface area contributed by atoms with E-state index in [-0.39, 0.29) is 18.2 Å². The van der Waals surface area contributed by atoms with Gasteiger partial charge < -0.3 is 15.0 Å². The van der Waals surface area contributed by atoms with E-state index in [0.29, 0.717) is 18.4 Å². The molecule has 1 fully saturated rings. The van der Waals surface area contributed by atoms with Crippen LogP contribution in [0.4, 0.5) is 10.1 Å². The summed E-state index contributed by atoms with van der Waals surface area (Å²) in [4.78, 5) is 2.30. The van der Waals surface area contributed by atoms with Gasteiger partial charge in [-0.3, -0.25) is 0 Å². The van der Waals surface area contributed by atoms with Gasteiger partial charge in [0.2, 0.25) is 0 Å². The van der Waals surface area contributed by atoms with Crippen molar-refractivity contribution >= 4 is 18.1 Å². The molecule has 0 spiro atoms. The van der Waals surface area contributed by atoms with Crippen molar-refractivity contribution < 1.29 is 9.13 Å². The second kappa shape index (κ2) is 4.47. The van der Waals surface area contributed by atoms with Crippen molar-refractivity contribution in [2.75, 3.05) is 31.1 Å². The lowest BCUT2D eigenvalue weighted by Gasteiger charge is -2.42. The molecule has 5 heteroatoms. The quantitative estimate of drug-likeness (QED) is 0.809. The van der Waals surface area contributed by atoms with Crippen LogP contribution in [0.25, 0.3) is 0 Å². The second-order valence-electron chi connectivity index (χ2n) is 3.97. The van der Waals surface area contributed by atoms with Gasteiger partial charge in [-0.2, -0.15) is 0 Å². The summed E-state index contributed by atoms with van der Waals surface area (Å²) < 4.78 is 18.5. The Morgan fingerprint density at radius 1 is 1.38 bits per heavy atom. The van der Waals surface area contributed by atoms with Crippen molar-refractivity contribution in [1.29, 1.82) is 0 Å². The topological polar surface area (TPSA) is 24.5 Å². The molecule has 16 heavy (non-hydrogen) atoms. The highest BCUT2D eigenvalue weighted by Crippen LogP contribution is 2.33. The van der Waals surface area contributed by atoms with Crippen LogP contribution in [-0.4, -0.2) is 32.3 Å². The highest BCUT2D eigenvalue weighted by molar-refractivity contribution is 5.85. The summed E-state index contributed by atoms with van der Waals surface area (Å²) in [6.07, 6.45) is 0. The molecular formula is C11H14ClFN2O. The molecule has 0 radical (unpaired) electrons. The molecule has 0 bridgehead atoms. The van der Waals surface area contributed by atoms with Crippen molar-refractivity contribution in [3.8, 4) is 5.75 Å². The molecule has 2 heterocycles. The Balaban J connectivity index is 0.000000963. The van der Waals surface area contributed by atoms with Gasteiger partial charge in [0.05, 0.1) is 18.3 Å². The van der Waals surface area contributed by atoms with Gasteiger partial charge in [-0.25, -0.2) is 4.39 Å². The van der Waals surface area contributed by atoms with E-state index in [1.807, 2.05) is 6.07 Å². The second-order valence-corrected chi connectivity index (χ2v) is 3.97. The first kappa shape index (κ1) is 11.5. The highest BCUT2D eigenvalue weighted by atomic mass is 35.5. The fraction of sp³-hybridized carbons (Fsp3) is 0.455. The molecule has 2 aliphatic rings. The van der Waals surface area contributed by atoms with Crippen LogP contribution < -0.4 is 15.0 Å². The molecule has 1 N–H and O–H groups in total. The number of nitrogens with zero attached hydrogens (tertiary/aromatic N) is 1. The minimum atomic E-state index is -0.234. The molecule has 0 aromatic heterocycles. The van der Waals surface area contributed by atoms with E-state index in [1.165, 1.54) is 12.1 Å². The lowest BCUT2D eigenvalue weighted by Crippen LogP contribution is -2.59. The summed E-state index contributed by atoms with van der Waals surface area (Å²) in [6.45, 7) is 3.56. The summed E-state index contributed by atoms with van der Waals surface area (Å²) >= 11 is 0. The summed E-state index contributed by atoms with van der Waals surface area (Å²) in [5, 5.41) is 3.24. The van der Waals surface area contributed by atoms with E-state index in [4.69, 9.17) is 4.74 Å². The predicted octanol–water partition coefficient (Wildman–Crippen LogP) is 1.42. The average molecular weight is 245 g/mol. The largest absolute Gasteiger partial charge is 0.489 e. The maximum absolute atomic E-state index is 13.0. The Kier molecular flexibility index (Phi) is 3.21. The highest BCUT2D eigenvalue weighted by Gasteiger charge is 2.29. The SMILES string of the molecule is Cl.Fc1ccc2c(c1)OCCN2C1CNC1. The van der Waals surface area contributed by atoms with Gasteiger partial charge in [0, 0.05) is 19.2 Å². The molecule has 1 aromatic rings. The summed E-state index contributed by atoms with van der Waals surface area (Å²) in [6, 6.07) is 5.31. The first-order valence-electron chi connectivity index (χ1n) is 5.24. The Labute approximate surface area is 100.0 Å². The Morgan fingerprint density at radius 3 is 2.88 bits per heavy atom. The Bertz CT molecular complexity index is 384. The van der Waals surface area contributed by atoms with Crippen molar-refractivity contribution in [1.82, 2.24) is 5.32 Å². The minimum absolute atomic E-state index is 0. The smallest absolute Gasteiger partial charge is 0.145 e. The van der Waals surface area contributed by atoms with Gasteiger partial charge in [0.15, 0.2) is 0 Å². The van der Waals surface area contributed by atoms with Crippen LogP contribution >= 0.6 is 12.4 Å². The molecule has 88 valence electrons. The number of rotatable bonds is 1. The summed E-state index contributed by atoms with van der Waals surface area (Å²) in [5.74, 6) is 0.440. The molecule has 0 aliphatic carbocycles. The van der Waals surface area contributed by atoms with Crippen LogP contribution in [0.3, 0.4) is 0 Å². The first-order chi connectivity index (χ1) is 7.34. The van der Waals surface area contributed by atoms with E-state index in [0.717, 1.165) is 25.3 Å². The fourth-order valence-corrected chi connectivity index (χ4v) is 2.09. The van der Waals surface area contributed by atoms with E-state index < -0.39 is 0 Å². The van der Waals surface area contributed by atoms with Crippen molar-refractivity contribution in [2.24, 2.45) is 0 Å². The number of halogens is 2. The molecule has 3 rings (SSSR count). The summed E-state index contributed by atoms with van der Waals surface area (Å²) in [7, 11) is 0. The number of ether oxygens (including phenoxy) is 1. The molecule has 3 nitrogen and oxygen atoms in total. The number of hydrogen-bond acceptors (Lipinski definition) is 3. The number of fused-ring (bicyclic) bond motifs is 1. The van der Waals surface area contributed by atoms with Crippen LogP contribution in [0.1, 0.15) is 0 Å². The molecule has 1 saturated heterocycles. The number of benzene rings is 1. The van der Waals surface area contributed by atoms with E-state index in [1.54, 1.807) is 0 Å². The molecule has 1 aromatic carbocycles. The zero-order chi connectivity index (χ0) is 10.3. The molecule has 0 amide bonds. The van der Waals surface area contributed by atoms with Gasteiger partial charge >= 0.3 is 0 Å². The van der Waals surface area contributed by atoms with Crippen molar-refractivity contribution in [3.05, 3.63) is 24.0 Å². The lowest BCUT2D eigenvalue weighted by molar-refractivity contribution is 0.284. The van der Waals surface area contributed by atoms with Crippen molar-refractivity contribution in [2.45, 2.75) is 6.04 Å². The van der Waals surface area contributed by atoms with Gasteiger partial charge in [-0.05, 0) is 12.1 Å². The monoisotopic (exact) mass is 244 g/mol. The fourth-order valence-electron chi connectivity index (χ4n) is 2.09. The molecule has 0 atom stereocenters. The van der Waals surface area contributed by atoms with Gasteiger partial charge in [-0.1, -0.05) is 0 Å². The molecule has 0 saturated carbocycles. The molecular weight excluding hydrogens is 231 g/mol. The molecule has 2 aliphatic heterocycles. The normalized spacial score (nSPS) is 19.2. The van der Waals surface area contributed by atoms with Crippen LogP contribution in [0.15, 0.2) is 18.2 Å². The molecule has 0 unspecified atom stereocenters. The Hall–Kier alpha value is -1.00. The third-order valence-electron chi connectivity index (χ3n) is 3.02. The maximum Gasteiger partial charge on any atom is 0.145 e. The number of anilines is 1. The zero-order valence-corrected chi connectivity index (χ0v) is 9.60. The zero-order valence-electron chi connectivity index (χ0n) is 8.78. The number of nitrogens with one attached hydrogen (secondary N) is 1. The van der Waals surface area contributed by atoms with Crippen LogP contribution in [0, 0.1) is 5.82 Å². The summed E-state index contributed by atoms with van der Waals surface area (Å²) in [5.41, 5.74) is 1.02.